The highest BCUT2D eigenvalue weighted by Gasteiger charge is 2.07. The maximum Gasteiger partial charge on any atom is 0.316 e. The lowest BCUT2D eigenvalue weighted by Gasteiger charge is -2.14. The maximum absolute atomic E-state index is 10.7. The first-order valence-electron chi connectivity index (χ1n) is 6.66. The van der Waals surface area contributed by atoms with E-state index in [1.807, 2.05) is 25.1 Å². The summed E-state index contributed by atoms with van der Waals surface area (Å²) < 4.78 is 5.41. The number of amides is 2. The van der Waals surface area contributed by atoms with Gasteiger partial charge in [0.05, 0.1) is 6.54 Å². The van der Waals surface area contributed by atoms with E-state index < -0.39 is 6.03 Å². The fraction of sp³-hybridized carbons (Fsp3) is 0.267. The monoisotopic (exact) mass is 289 g/mol. The van der Waals surface area contributed by atoms with Crippen molar-refractivity contribution < 1.29 is 14.3 Å². The molecule has 5 N–H and O–H groups in total. The van der Waals surface area contributed by atoms with Crippen molar-refractivity contribution in [1.82, 2.24) is 5.32 Å². The van der Waals surface area contributed by atoms with Crippen LogP contribution in [-0.4, -0.2) is 11.1 Å². The van der Waals surface area contributed by atoms with Crippen LogP contribution in [0.3, 0.4) is 0 Å². The minimum atomic E-state index is -0.577. The van der Waals surface area contributed by atoms with Gasteiger partial charge in [-0.2, -0.15) is 0 Å². The molecule has 21 heavy (non-hydrogen) atoms. The molecule has 0 bridgehead atoms. The summed E-state index contributed by atoms with van der Waals surface area (Å²) in [5, 5.41) is 14.8. The first-order valence-corrected chi connectivity index (χ1v) is 6.66. The molecule has 0 spiro atoms. The Bertz CT molecular complexity index is 592. The zero-order valence-corrected chi connectivity index (χ0v) is 11.8. The second kappa shape index (κ2) is 6.92. The van der Waals surface area contributed by atoms with Gasteiger partial charge in [-0.25, -0.2) is 4.79 Å². The van der Waals surface area contributed by atoms with Crippen molar-refractivity contribution in [3.8, 4) is 0 Å². The van der Waals surface area contributed by atoms with E-state index in [-0.39, 0.29) is 12.6 Å². The number of hydrogen-bond donors (Lipinski definition) is 4. The number of anilines is 1. The third-order valence-corrected chi connectivity index (χ3v) is 3.13. The van der Waals surface area contributed by atoms with Gasteiger partial charge < -0.3 is 25.9 Å². The summed E-state index contributed by atoms with van der Waals surface area (Å²) in [6, 6.07) is 10.6. The van der Waals surface area contributed by atoms with Gasteiger partial charge in [-0.05, 0) is 36.8 Å². The number of furan rings is 1. The van der Waals surface area contributed by atoms with Crippen molar-refractivity contribution in [3.05, 3.63) is 53.5 Å². The van der Waals surface area contributed by atoms with Crippen LogP contribution in [0.1, 0.15) is 30.0 Å². The largest absolute Gasteiger partial charge is 0.462 e. The van der Waals surface area contributed by atoms with Crippen LogP contribution in [0.25, 0.3) is 0 Å². The average Bonchev–Trinajstić information content (AvgIpc) is 2.93. The molecule has 0 fully saturated rings. The molecular formula is C15H19N3O3. The van der Waals surface area contributed by atoms with E-state index in [1.165, 1.54) is 0 Å². The number of nitrogens with one attached hydrogen (secondary N) is 2. The van der Waals surface area contributed by atoms with Gasteiger partial charge in [-0.15, -0.1) is 0 Å². The number of nitrogens with two attached hydrogens (primary N) is 1. The highest BCUT2D eigenvalue weighted by molar-refractivity contribution is 5.87. The molecule has 2 amide bonds. The van der Waals surface area contributed by atoms with Crippen LogP contribution in [0.15, 0.2) is 40.8 Å². The van der Waals surface area contributed by atoms with Crippen molar-refractivity contribution in [2.45, 2.75) is 26.1 Å². The molecule has 1 heterocycles. The number of rotatable bonds is 6. The summed E-state index contributed by atoms with van der Waals surface area (Å²) in [5.74, 6) is 1.33. The van der Waals surface area contributed by atoms with Crippen LogP contribution in [-0.2, 0) is 13.2 Å². The Morgan fingerprint density at radius 2 is 1.90 bits per heavy atom. The van der Waals surface area contributed by atoms with E-state index in [9.17, 15) is 4.79 Å². The lowest BCUT2D eigenvalue weighted by Crippen LogP contribution is -2.20. The second-order valence-corrected chi connectivity index (χ2v) is 4.74. The first kappa shape index (κ1) is 15.1. The molecule has 1 aromatic carbocycles. The van der Waals surface area contributed by atoms with Crippen molar-refractivity contribution in [2.24, 2.45) is 5.73 Å². The quantitative estimate of drug-likeness (QED) is 0.654. The summed E-state index contributed by atoms with van der Waals surface area (Å²) in [7, 11) is 0. The van der Waals surface area contributed by atoms with Crippen molar-refractivity contribution in [3.63, 3.8) is 0 Å². The van der Waals surface area contributed by atoms with Gasteiger partial charge >= 0.3 is 6.03 Å². The molecule has 0 saturated heterocycles. The Kier molecular flexibility index (Phi) is 4.97. The van der Waals surface area contributed by atoms with Crippen molar-refractivity contribution in [1.29, 1.82) is 0 Å². The number of benzene rings is 1. The molecule has 0 aliphatic heterocycles. The molecule has 0 aliphatic rings. The number of primary amides is 1. The fourth-order valence-electron chi connectivity index (χ4n) is 1.97. The molecule has 0 radical (unpaired) electrons. The van der Waals surface area contributed by atoms with E-state index in [0.29, 0.717) is 18.0 Å². The Morgan fingerprint density at radius 3 is 2.48 bits per heavy atom. The van der Waals surface area contributed by atoms with Crippen LogP contribution in [0.2, 0.25) is 0 Å². The normalized spacial score (nSPS) is 12.1. The fourth-order valence-corrected chi connectivity index (χ4v) is 1.97. The Balaban J connectivity index is 1.90. The number of aliphatic hydroxyl groups excluding tert-OH is 1. The summed E-state index contributed by atoms with van der Waals surface area (Å²) >= 11 is 0. The van der Waals surface area contributed by atoms with Gasteiger partial charge in [0.2, 0.25) is 0 Å². The molecule has 0 aliphatic carbocycles. The molecule has 6 heteroatoms. The minimum Gasteiger partial charge on any atom is -0.462 e. The highest BCUT2D eigenvalue weighted by atomic mass is 16.4. The summed E-state index contributed by atoms with van der Waals surface area (Å²) in [6.07, 6.45) is 0. The van der Waals surface area contributed by atoms with Crippen LogP contribution in [0.5, 0.6) is 0 Å². The smallest absolute Gasteiger partial charge is 0.316 e. The summed E-state index contributed by atoms with van der Waals surface area (Å²) in [4.78, 5) is 10.7. The van der Waals surface area contributed by atoms with Crippen LogP contribution >= 0.6 is 0 Å². The number of carbonyl (C=O) groups is 1. The van der Waals surface area contributed by atoms with E-state index in [0.717, 1.165) is 11.3 Å². The van der Waals surface area contributed by atoms with Crippen molar-refractivity contribution >= 4 is 11.7 Å². The average molecular weight is 289 g/mol. The van der Waals surface area contributed by atoms with Gasteiger partial charge in [0.15, 0.2) is 0 Å². The Hall–Kier alpha value is -2.31. The van der Waals surface area contributed by atoms with E-state index >= 15 is 0 Å². The number of hydrogen-bond acceptors (Lipinski definition) is 4. The predicted molar refractivity (Wildman–Crippen MR) is 79.5 cm³/mol. The first-order chi connectivity index (χ1) is 10.1. The lowest BCUT2D eigenvalue weighted by molar-refractivity contribution is 0.242. The third-order valence-electron chi connectivity index (χ3n) is 3.13. The van der Waals surface area contributed by atoms with Gasteiger partial charge in [0.25, 0.3) is 0 Å². The molecule has 1 aromatic heterocycles. The molecule has 2 aromatic rings. The van der Waals surface area contributed by atoms with Crippen LogP contribution < -0.4 is 16.4 Å². The molecule has 2 rings (SSSR count). The molecule has 1 unspecified atom stereocenters. The SMILES string of the molecule is CC(NCc1ccc(CO)o1)c1ccc(NC(N)=O)cc1. The van der Waals surface area contributed by atoms with Crippen LogP contribution in [0.4, 0.5) is 10.5 Å². The number of carbonyl (C=O) groups excluding carboxylic acids is 1. The van der Waals surface area contributed by atoms with Gasteiger partial charge in [0, 0.05) is 11.7 Å². The highest BCUT2D eigenvalue weighted by Crippen LogP contribution is 2.17. The third kappa shape index (κ3) is 4.34. The molecule has 112 valence electrons. The maximum atomic E-state index is 10.7. The van der Waals surface area contributed by atoms with E-state index in [4.69, 9.17) is 15.3 Å². The molecule has 0 saturated carbocycles. The Labute approximate surface area is 123 Å². The Morgan fingerprint density at radius 1 is 1.24 bits per heavy atom. The number of urea groups is 1. The zero-order valence-electron chi connectivity index (χ0n) is 11.8. The van der Waals surface area contributed by atoms with Crippen LogP contribution in [0, 0.1) is 0 Å². The summed E-state index contributed by atoms with van der Waals surface area (Å²) in [6.45, 7) is 2.51. The predicted octanol–water partition coefficient (Wildman–Crippen LogP) is 2.11. The van der Waals surface area contributed by atoms with Gasteiger partial charge in [-0.1, -0.05) is 12.1 Å². The standard InChI is InChI=1S/C15H19N3O3/c1-10(17-8-13-6-7-14(9-19)21-13)11-2-4-12(5-3-11)18-15(16)20/h2-7,10,17,19H,8-9H2,1H3,(H3,16,18,20). The van der Waals surface area contributed by atoms with E-state index in [2.05, 4.69) is 10.6 Å². The number of aliphatic hydroxyl groups is 1. The second-order valence-electron chi connectivity index (χ2n) is 4.74. The molecule has 1 atom stereocenters. The van der Waals surface area contributed by atoms with E-state index in [1.54, 1.807) is 18.2 Å². The van der Waals surface area contributed by atoms with Gasteiger partial charge in [0.1, 0.15) is 18.1 Å². The minimum absolute atomic E-state index is 0.0934. The molecular weight excluding hydrogens is 270 g/mol. The zero-order chi connectivity index (χ0) is 15.2. The van der Waals surface area contributed by atoms with Crippen molar-refractivity contribution in [2.75, 3.05) is 5.32 Å². The molecule has 6 nitrogen and oxygen atoms in total. The summed E-state index contributed by atoms with van der Waals surface area (Å²) in [5.41, 5.74) is 6.80. The lowest BCUT2D eigenvalue weighted by atomic mass is 10.1. The topological polar surface area (TPSA) is 101 Å². The van der Waals surface area contributed by atoms with Gasteiger partial charge in [-0.3, -0.25) is 0 Å².